The maximum Gasteiger partial charge on any atom is 0.416 e. The second-order valence-electron chi connectivity index (χ2n) is 10.8. The van der Waals surface area contributed by atoms with Crippen LogP contribution in [0.3, 0.4) is 0 Å². The summed E-state index contributed by atoms with van der Waals surface area (Å²) in [5, 5.41) is 15.4. The molecular weight excluding hydrogens is 596 g/mol. The van der Waals surface area contributed by atoms with Gasteiger partial charge >= 0.3 is 12.1 Å². The van der Waals surface area contributed by atoms with E-state index in [9.17, 15) is 32.5 Å². The number of rotatable bonds is 13. The number of esters is 1. The summed E-state index contributed by atoms with van der Waals surface area (Å²) in [6.07, 6.45) is -1.42. The van der Waals surface area contributed by atoms with Crippen molar-refractivity contribution in [3.05, 3.63) is 99.6 Å². The van der Waals surface area contributed by atoms with Crippen LogP contribution in [-0.2, 0) is 28.5 Å². The van der Waals surface area contributed by atoms with Gasteiger partial charge in [-0.15, -0.1) is 5.10 Å². The molecule has 0 spiro atoms. The van der Waals surface area contributed by atoms with Gasteiger partial charge in [0.1, 0.15) is 17.3 Å². The quantitative estimate of drug-likeness (QED) is 0.0491. The number of ether oxygens (including phenoxy) is 2. The van der Waals surface area contributed by atoms with Crippen molar-refractivity contribution in [3.63, 3.8) is 0 Å². The Labute approximate surface area is 257 Å². The molecule has 0 atom stereocenters. The standard InChI is InChI=1S/C32H32F4N4O5/c1-4-5-19-44-30(41)31(2,3)45-25-16-9-21(10-17-25)7-6-8-28-37-29(22-11-13-23(14-12-22)32(34,35)36)38-39(28)27-18-15-24(40(42)43)20-26(27)33/h9-18,20H,4-8,19H2,1-3H3. The highest BCUT2D eigenvalue weighted by Crippen LogP contribution is 2.31. The van der Waals surface area contributed by atoms with Crippen molar-refractivity contribution in [3.8, 4) is 22.8 Å². The summed E-state index contributed by atoms with van der Waals surface area (Å²) in [6.45, 7) is 5.61. The second kappa shape index (κ2) is 13.9. The summed E-state index contributed by atoms with van der Waals surface area (Å²) in [7, 11) is 0. The molecule has 0 fully saturated rings. The summed E-state index contributed by atoms with van der Waals surface area (Å²) in [5.74, 6) is -0.466. The van der Waals surface area contributed by atoms with Crippen molar-refractivity contribution in [2.75, 3.05) is 6.61 Å². The first-order valence-corrected chi connectivity index (χ1v) is 14.3. The first-order valence-electron chi connectivity index (χ1n) is 14.3. The van der Waals surface area contributed by atoms with Gasteiger partial charge in [0.05, 0.1) is 23.2 Å². The Morgan fingerprint density at radius 1 is 0.978 bits per heavy atom. The van der Waals surface area contributed by atoms with Crippen LogP contribution in [-0.4, -0.2) is 37.9 Å². The van der Waals surface area contributed by atoms with Crippen LogP contribution in [0.2, 0.25) is 0 Å². The molecule has 13 heteroatoms. The summed E-state index contributed by atoms with van der Waals surface area (Å²) < 4.78 is 66.5. The lowest BCUT2D eigenvalue weighted by Crippen LogP contribution is -2.39. The molecule has 0 N–H and O–H groups in total. The van der Waals surface area contributed by atoms with E-state index < -0.39 is 39.7 Å². The molecule has 45 heavy (non-hydrogen) atoms. The van der Waals surface area contributed by atoms with Crippen LogP contribution in [0, 0.1) is 15.9 Å². The summed E-state index contributed by atoms with van der Waals surface area (Å²) >= 11 is 0. The average molecular weight is 629 g/mol. The number of nitro groups is 1. The molecule has 0 saturated heterocycles. The maximum absolute atomic E-state index is 15.0. The topological polar surface area (TPSA) is 109 Å². The third-order valence-corrected chi connectivity index (χ3v) is 6.90. The number of aryl methyl sites for hydroxylation is 2. The number of nitrogens with zero attached hydrogens (tertiary/aromatic N) is 4. The zero-order chi connectivity index (χ0) is 32.8. The van der Waals surface area contributed by atoms with Crippen LogP contribution in [0.25, 0.3) is 17.1 Å². The van der Waals surface area contributed by atoms with Gasteiger partial charge in [-0.1, -0.05) is 37.6 Å². The van der Waals surface area contributed by atoms with E-state index >= 15 is 0 Å². The lowest BCUT2D eigenvalue weighted by molar-refractivity contribution is -0.385. The first kappa shape index (κ1) is 33.1. The largest absolute Gasteiger partial charge is 0.476 e. The van der Waals surface area contributed by atoms with E-state index in [4.69, 9.17) is 9.47 Å². The van der Waals surface area contributed by atoms with Gasteiger partial charge in [-0.2, -0.15) is 13.2 Å². The van der Waals surface area contributed by atoms with Crippen LogP contribution in [0.15, 0.2) is 66.7 Å². The summed E-state index contributed by atoms with van der Waals surface area (Å²) in [6, 6.07) is 14.6. The fourth-order valence-corrected chi connectivity index (χ4v) is 4.40. The van der Waals surface area contributed by atoms with Crippen LogP contribution < -0.4 is 4.74 Å². The number of non-ortho nitro benzene ring substituents is 1. The fraction of sp³-hybridized carbons (Fsp3) is 0.344. The van der Waals surface area contributed by atoms with E-state index in [2.05, 4.69) is 10.1 Å². The Kier molecular flexibility index (Phi) is 10.2. The molecule has 3 aromatic carbocycles. The van der Waals surface area contributed by atoms with E-state index in [1.165, 1.54) is 22.9 Å². The van der Waals surface area contributed by atoms with Crippen LogP contribution in [0.5, 0.6) is 5.75 Å². The number of unbranched alkanes of at least 4 members (excludes halogenated alkanes) is 1. The number of carbonyl (C=O) groups excluding carboxylic acids is 1. The normalized spacial score (nSPS) is 11.8. The van der Waals surface area contributed by atoms with Crippen molar-refractivity contribution in [1.29, 1.82) is 0 Å². The number of carbonyl (C=O) groups is 1. The van der Waals surface area contributed by atoms with Gasteiger partial charge in [0, 0.05) is 18.1 Å². The lowest BCUT2D eigenvalue weighted by atomic mass is 10.1. The molecule has 0 unspecified atom stereocenters. The summed E-state index contributed by atoms with van der Waals surface area (Å²) in [4.78, 5) is 27.2. The van der Waals surface area contributed by atoms with Crippen LogP contribution >= 0.6 is 0 Å². The number of benzene rings is 3. The molecular formula is C32H32F4N4O5. The number of hydrogen-bond donors (Lipinski definition) is 0. The minimum absolute atomic E-state index is 0.0776. The molecule has 238 valence electrons. The smallest absolute Gasteiger partial charge is 0.416 e. The van der Waals surface area contributed by atoms with Crippen molar-refractivity contribution in [1.82, 2.24) is 14.8 Å². The Bertz CT molecular complexity index is 1640. The Hall–Kier alpha value is -4.81. The first-order chi connectivity index (χ1) is 21.3. The number of nitro benzene ring substituents is 1. The van der Waals surface area contributed by atoms with Crippen molar-refractivity contribution in [2.45, 2.75) is 64.7 Å². The van der Waals surface area contributed by atoms with Crippen LogP contribution in [0.4, 0.5) is 23.2 Å². The minimum Gasteiger partial charge on any atom is -0.476 e. The van der Waals surface area contributed by atoms with Crippen molar-refractivity contribution in [2.24, 2.45) is 0 Å². The van der Waals surface area contributed by atoms with Crippen molar-refractivity contribution >= 4 is 11.7 Å². The zero-order valence-electron chi connectivity index (χ0n) is 24.9. The van der Waals surface area contributed by atoms with Gasteiger partial charge in [-0.25, -0.2) is 18.9 Å². The predicted molar refractivity (Wildman–Crippen MR) is 157 cm³/mol. The van der Waals surface area contributed by atoms with Gasteiger partial charge in [0.15, 0.2) is 17.2 Å². The van der Waals surface area contributed by atoms with E-state index in [0.29, 0.717) is 37.4 Å². The van der Waals surface area contributed by atoms with Gasteiger partial charge < -0.3 is 9.47 Å². The molecule has 0 bridgehead atoms. The maximum atomic E-state index is 15.0. The summed E-state index contributed by atoms with van der Waals surface area (Å²) in [5.41, 5.74) is -1.29. The van der Waals surface area contributed by atoms with Gasteiger partial charge in [0.25, 0.3) is 5.69 Å². The number of alkyl halides is 3. The lowest BCUT2D eigenvalue weighted by Gasteiger charge is -2.24. The molecule has 0 aliphatic carbocycles. The molecule has 0 radical (unpaired) electrons. The van der Waals surface area contributed by atoms with E-state index in [1.807, 2.05) is 19.1 Å². The second-order valence-corrected chi connectivity index (χ2v) is 10.8. The molecule has 0 amide bonds. The highest BCUT2D eigenvalue weighted by atomic mass is 19.4. The number of halogens is 4. The fourth-order valence-electron chi connectivity index (χ4n) is 4.40. The minimum atomic E-state index is -4.51. The Morgan fingerprint density at radius 2 is 1.67 bits per heavy atom. The predicted octanol–water partition coefficient (Wildman–Crippen LogP) is 7.68. The highest BCUT2D eigenvalue weighted by Gasteiger charge is 2.32. The SMILES string of the molecule is CCCCOC(=O)C(C)(C)Oc1ccc(CCCc2nc(-c3ccc(C(F)(F)F)cc3)nn2-c2ccc([N+](=O)[O-])cc2F)cc1. The van der Waals surface area contributed by atoms with E-state index in [1.54, 1.807) is 26.0 Å². The monoisotopic (exact) mass is 628 g/mol. The van der Waals surface area contributed by atoms with E-state index in [-0.39, 0.29) is 17.1 Å². The van der Waals surface area contributed by atoms with Gasteiger partial charge in [-0.05, 0) is 69.0 Å². The molecule has 0 aliphatic rings. The molecule has 1 aromatic heterocycles. The highest BCUT2D eigenvalue weighted by molar-refractivity contribution is 5.79. The number of aromatic nitrogens is 3. The van der Waals surface area contributed by atoms with Crippen molar-refractivity contribution < 1.29 is 36.8 Å². The Balaban J connectivity index is 1.50. The van der Waals surface area contributed by atoms with E-state index in [0.717, 1.165) is 42.7 Å². The molecule has 9 nitrogen and oxygen atoms in total. The molecule has 0 saturated carbocycles. The van der Waals surface area contributed by atoms with Gasteiger partial charge in [-0.3, -0.25) is 10.1 Å². The molecule has 4 aromatic rings. The molecule has 4 rings (SSSR count). The Morgan fingerprint density at radius 3 is 2.27 bits per heavy atom. The average Bonchev–Trinajstić information content (AvgIpc) is 3.41. The third kappa shape index (κ3) is 8.43. The van der Waals surface area contributed by atoms with Crippen LogP contribution in [0.1, 0.15) is 57.0 Å². The zero-order valence-corrected chi connectivity index (χ0v) is 24.9. The molecule has 0 aliphatic heterocycles. The molecule has 1 heterocycles. The third-order valence-electron chi connectivity index (χ3n) is 6.90. The number of hydrogen-bond acceptors (Lipinski definition) is 7. The van der Waals surface area contributed by atoms with Gasteiger partial charge in [0.2, 0.25) is 0 Å².